The Kier molecular flexibility index (Phi) is 7.37. The Morgan fingerprint density at radius 2 is 1.93 bits per heavy atom. The predicted molar refractivity (Wildman–Crippen MR) is 152 cm³/mol. The van der Waals surface area contributed by atoms with Crippen molar-refractivity contribution in [1.82, 2.24) is 24.4 Å². The number of carbonyl (C=O) groups is 2. The second-order valence-electron chi connectivity index (χ2n) is 10.2. The summed E-state index contributed by atoms with van der Waals surface area (Å²) in [4.78, 5) is 54.2. The van der Waals surface area contributed by atoms with Crippen LogP contribution in [0.1, 0.15) is 37.9 Å². The van der Waals surface area contributed by atoms with Crippen molar-refractivity contribution in [2.24, 2.45) is 0 Å². The average Bonchev–Trinajstić information content (AvgIpc) is 2.93. The number of aldehydes is 1. The number of hydrogen-bond donors (Lipinski definition) is 0. The maximum atomic E-state index is 14.9. The number of fused-ring (bicyclic) bond motifs is 1. The molecule has 9 nitrogen and oxygen atoms in total. The third-order valence-electron chi connectivity index (χ3n) is 7.17. The number of hydrogen-bond acceptors (Lipinski definition) is 7. The van der Waals surface area contributed by atoms with E-state index in [1.165, 1.54) is 15.5 Å². The van der Waals surface area contributed by atoms with Gasteiger partial charge in [-0.25, -0.2) is 18.7 Å². The van der Waals surface area contributed by atoms with Gasteiger partial charge in [-0.1, -0.05) is 37.6 Å². The molecule has 5 rings (SSSR count). The van der Waals surface area contributed by atoms with Crippen LogP contribution >= 0.6 is 11.6 Å². The number of halogens is 2. The fourth-order valence-corrected chi connectivity index (χ4v) is 5.45. The molecular weight excluding hydrogens is 535 g/mol. The van der Waals surface area contributed by atoms with E-state index in [0.717, 1.165) is 5.56 Å². The zero-order valence-electron chi connectivity index (χ0n) is 22.6. The van der Waals surface area contributed by atoms with Crippen LogP contribution in [-0.4, -0.2) is 62.3 Å². The fraction of sp³-hybridized carbons (Fsp3) is 0.310. The minimum atomic E-state index is -0.591. The number of amides is 1. The smallest absolute Gasteiger partial charge is 0.350 e. The van der Waals surface area contributed by atoms with Gasteiger partial charge < -0.3 is 9.80 Å². The monoisotopic (exact) mass is 562 g/mol. The lowest BCUT2D eigenvalue weighted by atomic mass is 10.0. The normalized spacial score (nSPS) is 15.6. The predicted octanol–water partition coefficient (Wildman–Crippen LogP) is 4.30. The number of anilines is 1. The Morgan fingerprint density at radius 3 is 2.60 bits per heavy atom. The summed E-state index contributed by atoms with van der Waals surface area (Å²) < 4.78 is 16.3. The van der Waals surface area contributed by atoms with Crippen LogP contribution in [0.2, 0.25) is 5.02 Å². The first-order chi connectivity index (χ1) is 19.1. The first kappa shape index (κ1) is 27.4. The molecule has 0 N–H and O–H groups in total. The van der Waals surface area contributed by atoms with Gasteiger partial charge in [0, 0.05) is 37.4 Å². The molecule has 0 aliphatic carbocycles. The molecule has 0 spiro atoms. The van der Waals surface area contributed by atoms with E-state index < -0.39 is 17.4 Å². The topological polar surface area (TPSA) is 101 Å². The van der Waals surface area contributed by atoms with Crippen LogP contribution < -0.4 is 10.6 Å². The number of pyridine rings is 2. The highest BCUT2D eigenvalue weighted by molar-refractivity contribution is 6.34. The molecule has 1 aliphatic rings. The largest absolute Gasteiger partial charge is 0.355 e. The standard InChI is InChI=1S/C29H28ClFN6O3/c1-16(2)24-26(17(3)9-10-32-24)37-28-20(13-21(30)25(33-28)19-7-5-6-8-22(19)31)27(34-29(37)40)36-12-11-35(14-18(36)4)23(39)15-38/h5-10,13,15-16,18H,11-12,14H2,1-4H3/t18-/m0/s1. The van der Waals surface area contributed by atoms with E-state index in [-0.39, 0.29) is 47.0 Å². The van der Waals surface area contributed by atoms with E-state index in [1.807, 2.05) is 38.7 Å². The van der Waals surface area contributed by atoms with Crippen molar-refractivity contribution in [2.45, 2.75) is 39.7 Å². The summed E-state index contributed by atoms with van der Waals surface area (Å²) in [6, 6.07) is 9.38. The van der Waals surface area contributed by atoms with E-state index >= 15 is 0 Å². The maximum Gasteiger partial charge on any atom is 0.355 e. The quantitative estimate of drug-likeness (QED) is 0.264. The Morgan fingerprint density at radius 1 is 1.18 bits per heavy atom. The average molecular weight is 563 g/mol. The van der Waals surface area contributed by atoms with Crippen molar-refractivity contribution >= 4 is 40.6 Å². The van der Waals surface area contributed by atoms with Gasteiger partial charge in [0.05, 0.1) is 27.5 Å². The van der Waals surface area contributed by atoms with Gasteiger partial charge in [-0.3, -0.25) is 14.6 Å². The van der Waals surface area contributed by atoms with Gasteiger partial charge in [0.15, 0.2) is 5.65 Å². The second-order valence-corrected chi connectivity index (χ2v) is 10.6. The zero-order valence-corrected chi connectivity index (χ0v) is 23.3. The van der Waals surface area contributed by atoms with Gasteiger partial charge in [0.25, 0.3) is 5.91 Å². The van der Waals surface area contributed by atoms with Crippen molar-refractivity contribution in [3.63, 3.8) is 0 Å². The molecule has 206 valence electrons. The van der Waals surface area contributed by atoms with Crippen molar-refractivity contribution in [1.29, 1.82) is 0 Å². The lowest BCUT2D eigenvalue weighted by Crippen LogP contribution is -2.54. The third-order valence-corrected chi connectivity index (χ3v) is 7.46. The van der Waals surface area contributed by atoms with Crippen LogP contribution in [0.3, 0.4) is 0 Å². The summed E-state index contributed by atoms with van der Waals surface area (Å²) in [5, 5.41) is 0.685. The molecule has 0 radical (unpaired) electrons. The minimum absolute atomic E-state index is 0.0154. The molecule has 0 bridgehead atoms. The molecule has 0 unspecified atom stereocenters. The Balaban J connectivity index is 1.81. The van der Waals surface area contributed by atoms with Crippen molar-refractivity contribution < 1.29 is 14.0 Å². The van der Waals surface area contributed by atoms with Gasteiger partial charge in [0.2, 0.25) is 6.29 Å². The molecule has 4 heterocycles. The maximum absolute atomic E-state index is 14.9. The molecule has 1 amide bonds. The number of rotatable bonds is 5. The van der Waals surface area contributed by atoms with E-state index in [0.29, 0.717) is 35.4 Å². The zero-order chi connectivity index (χ0) is 28.7. The van der Waals surface area contributed by atoms with Crippen molar-refractivity contribution in [3.8, 4) is 16.9 Å². The number of aryl methyl sites for hydroxylation is 1. The summed E-state index contributed by atoms with van der Waals surface area (Å²) in [6.07, 6.45) is 1.99. The van der Waals surface area contributed by atoms with Crippen molar-refractivity contribution in [2.75, 3.05) is 24.5 Å². The highest BCUT2D eigenvalue weighted by atomic mass is 35.5. The van der Waals surface area contributed by atoms with Crippen LogP contribution in [0.4, 0.5) is 10.2 Å². The molecule has 1 aliphatic heterocycles. The van der Waals surface area contributed by atoms with Crippen LogP contribution in [0, 0.1) is 12.7 Å². The van der Waals surface area contributed by atoms with Gasteiger partial charge in [-0.05, 0) is 49.6 Å². The molecule has 1 saturated heterocycles. The molecule has 1 fully saturated rings. The summed E-state index contributed by atoms with van der Waals surface area (Å²) in [5.74, 6) is -0.751. The first-order valence-corrected chi connectivity index (χ1v) is 13.3. The molecule has 3 aromatic heterocycles. The van der Waals surface area contributed by atoms with Gasteiger partial charge in [-0.2, -0.15) is 4.98 Å². The van der Waals surface area contributed by atoms with Gasteiger partial charge in [-0.15, -0.1) is 0 Å². The number of piperazine rings is 1. The molecule has 11 heteroatoms. The molecule has 4 aromatic rings. The van der Waals surface area contributed by atoms with E-state index in [4.69, 9.17) is 16.6 Å². The SMILES string of the molecule is Cc1ccnc(C(C)C)c1-n1c(=O)nc(N2CCN(C(=O)C=O)C[C@@H]2C)c2cc(Cl)c(-c3ccccc3F)nc21. The van der Waals surface area contributed by atoms with E-state index in [9.17, 15) is 18.8 Å². The Bertz CT molecular complexity index is 1710. The number of benzene rings is 1. The van der Waals surface area contributed by atoms with E-state index in [1.54, 1.807) is 30.5 Å². The molecule has 40 heavy (non-hydrogen) atoms. The molecule has 0 saturated carbocycles. The minimum Gasteiger partial charge on any atom is -0.350 e. The molecule has 1 aromatic carbocycles. The molecular formula is C29H28ClFN6O3. The van der Waals surface area contributed by atoms with Crippen LogP contribution in [0.5, 0.6) is 0 Å². The van der Waals surface area contributed by atoms with Crippen LogP contribution in [0.25, 0.3) is 28.0 Å². The third kappa shape index (κ3) is 4.72. The van der Waals surface area contributed by atoms with Crippen LogP contribution in [0.15, 0.2) is 47.4 Å². The van der Waals surface area contributed by atoms with Crippen molar-refractivity contribution in [3.05, 3.63) is 75.2 Å². The van der Waals surface area contributed by atoms with Crippen LogP contribution in [-0.2, 0) is 9.59 Å². The lowest BCUT2D eigenvalue weighted by molar-refractivity contribution is -0.139. The lowest BCUT2D eigenvalue weighted by Gasteiger charge is -2.40. The summed E-state index contributed by atoms with van der Waals surface area (Å²) in [6.45, 7) is 8.62. The number of aromatic nitrogens is 4. The highest BCUT2D eigenvalue weighted by Gasteiger charge is 2.31. The fourth-order valence-electron chi connectivity index (χ4n) is 5.20. The highest BCUT2D eigenvalue weighted by Crippen LogP contribution is 2.36. The number of carbonyl (C=O) groups excluding carboxylic acids is 2. The second kappa shape index (κ2) is 10.8. The summed E-state index contributed by atoms with van der Waals surface area (Å²) in [5.41, 5.74) is 2.14. The summed E-state index contributed by atoms with van der Waals surface area (Å²) >= 11 is 6.72. The Labute approximate surface area is 235 Å². The Hall–Kier alpha value is -4.18. The summed E-state index contributed by atoms with van der Waals surface area (Å²) in [7, 11) is 0. The molecule has 1 atom stereocenters. The number of nitrogens with zero attached hydrogens (tertiary/aromatic N) is 6. The first-order valence-electron chi connectivity index (χ1n) is 13.0. The van der Waals surface area contributed by atoms with E-state index in [2.05, 4.69) is 9.97 Å². The van der Waals surface area contributed by atoms with Gasteiger partial charge >= 0.3 is 5.69 Å². The van der Waals surface area contributed by atoms with Gasteiger partial charge in [0.1, 0.15) is 11.6 Å².